The molecule has 0 fully saturated rings. The topological polar surface area (TPSA) is 72.6 Å². The van der Waals surface area contributed by atoms with Crippen LogP contribution >= 0.6 is 15.9 Å². The van der Waals surface area contributed by atoms with Crippen molar-refractivity contribution in [1.29, 1.82) is 0 Å². The fourth-order valence-corrected chi connectivity index (χ4v) is 2.84. The molecule has 18 heavy (non-hydrogen) atoms. The Labute approximate surface area is 114 Å². The highest BCUT2D eigenvalue weighted by Gasteiger charge is 2.35. The quantitative estimate of drug-likeness (QED) is 0.898. The summed E-state index contributed by atoms with van der Waals surface area (Å²) in [6, 6.07) is 3.76. The van der Waals surface area contributed by atoms with Gasteiger partial charge in [-0.25, -0.2) is 0 Å². The fraction of sp³-hybridized carbons (Fsp3) is 0.462. The highest BCUT2D eigenvalue weighted by Crippen LogP contribution is 2.42. The van der Waals surface area contributed by atoms with Gasteiger partial charge in [-0.1, -0.05) is 15.9 Å². The second-order valence-corrected chi connectivity index (χ2v) is 6.06. The molecule has 0 bridgehead atoms. The zero-order valence-electron chi connectivity index (χ0n) is 10.4. The number of carboxylic acid groups (broad SMARTS) is 1. The number of carboxylic acids is 1. The van der Waals surface area contributed by atoms with E-state index >= 15 is 0 Å². The van der Waals surface area contributed by atoms with Gasteiger partial charge >= 0.3 is 5.97 Å². The predicted octanol–water partition coefficient (Wildman–Crippen LogP) is 2.29. The molecular formula is C13H16BrNO3. The number of rotatable bonds is 3. The minimum atomic E-state index is -0.925. The summed E-state index contributed by atoms with van der Waals surface area (Å²) in [7, 11) is 0. The smallest absolute Gasteiger partial charge is 0.312 e. The molecule has 1 unspecified atom stereocenters. The molecule has 98 valence electrons. The Morgan fingerprint density at radius 2 is 2.28 bits per heavy atom. The molecule has 1 atom stereocenters. The van der Waals surface area contributed by atoms with E-state index in [9.17, 15) is 9.90 Å². The summed E-state index contributed by atoms with van der Waals surface area (Å²) in [5.74, 6) is -0.975. The third-order valence-corrected chi connectivity index (χ3v) is 3.52. The number of hydrogen-bond acceptors (Lipinski definition) is 3. The zero-order valence-corrected chi connectivity index (χ0v) is 12.0. The van der Waals surface area contributed by atoms with Crippen molar-refractivity contribution in [1.82, 2.24) is 0 Å². The number of aliphatic carboxylic acids is 1. The van der Waals surface area contributed by atoms with E-state index < -0.39 is 11.9 Å². The number of halogens is 1. The Morgan fingerprint density at radius 1 is 1.61 bits per heavy atom. The molecule has 0 saturated carbocycles. The van der Waals surface area contributed by atoms with Gasteiger partial charge in [-0.3, -0.25) is 4.79 Å². The Morgan fingerprint density at radius 3 is 2.83 bits per heavy atom. The third kappa shape index (κ3) is 2.37. The lowest BCUT2D eigenvalue weighted by Crippen LogP contribution is -2.26. The zero-order chi connectivity index (χ0) is 13.5. The van der Waals surface area contributed by atoms with Crippen molar-refractivity contribution in [3.05, 3.63) is 27.7 Å². The number of benzene rings is 1. The molecule has 5 heteroatoms. The van der Waals surface area contributed by atoms with E-state index in [1.165, 1.54) is 0 Å². The molecule has 1 heterocycles. The average molecular weight is 314 g/mol. The second-order valence-electron chi connectivity index (χ2n) is 5.15. The van der Waals surface area contributed by atoms with Crippen molar-refractivity contribution in [3.8, 4) is 5.75 Å². The van der Waals surface area contributed by atoms with Crippen molar-refractivity contribution in [2.45, 2.75) is 31.8 Å². The lowest BCUT2D eigenvalue weighted by molar-refractivity contribution is -0.138. The van der Waals surface area contributed by atoms with Crippen molar-refractivity contribution < 1.29 is 14.6 Å². The predicted molar refractivity (Wildman–Crippen MR) is 72.0 cm³/mol. The van der Waals surface area contributed by atoms with Crippen LogP contribution in [0.2, 0.25) is 0 Å². The first-order chi connectivity index (χ1) is 8.34. The SMILES string of the molecule is CC1(C)Cc2cc(Br)cc(C(CN)C(=O)O)c2O1. The Balaban J connectivity index is 2.53. The monoisotopic (exact) mass is 313 g/mol. The van der Waals surface area contributed by atoms with E-state index in [0.717, 1.165) is 16.5 Å². The molecule has 1 aliphatic rings. The Hall–Kier alpha value is -1.07. The maximum Gasteiger partial charge on any atom is 0.312 e. The van der Waals surface area contributed by atoms with Crippen LogP contribution in [0.1, 0.15) is 30.9 Å². The van der Waals surface area contributed by atoms with Crippen molar-refractivity contribution in [2.24, 2.45) is 5.73 Å². The molecule has 0 spiro atoms. The van der Waals surface area contributed by atoms with Crippen LogP contribution in [-0.4, -0.2) is 23.2 Å². The van der Waals surface area contributed by atoms with Crippen LogP contribution in [0.5, 0.6) is 5.75 Å². The van der Waals surface area contributed by atoms with Crippen LogP contribution in [0.25, 0.3) is 0 Å². The van der Waals surface area contributed by atoms with E-state index in [-0.39, 0.29) is 12.1 Å². The number of ether oxygens (including phenoxy) is 1. The van der Waals surface area contributed by atoms with Gasteiger partial charge in [-0.05, 0) is 31.5 Å². The lowest BCUT2D eigenvalue weighted by atomic mass is 9.94. The summed E-state index contributed by atoms with van der Waals surface area (Å²) in [6.07, 6.45) is 0.770. The lowest BCUT2D eigenvalue weighted by Gasteiger charge is -2.20. The van der Waals surface area contributed by atoms with Crippen LogP contribution in [-0.2, 0) is 11.2 Å². The van der Waals surface area contributed by atoms with Crippen LogP contribution in [0.15, 0.2) is 16.6 Å². The van der Waals surface area contributed by atoms with Crippen LogP contribution in [0, 0.1) is 0 Å². The molecule has 0 radical (unpaired) electrons. The van der Waals surface area contributed by atoms with Crippen molar-refractivity contribution in [3.63, 3.8) is 0 Å². The molecule has 3 N–H and O–H groups in total. The molecule has 0 saturated heterocycles. The van der Waals surface area contributed by atoms with Gasteiger partial charge in [0.05, 0.1) is 5.92 Å². The molecule has 4 nitrogen and oxygen atoms in total. The highest BCUT2D eigenvalue weighted by molar-refractivity contribution is 9.10. The van der Waals surface area contributed by atoms with E-state index in [2.05, 4.69) is 15.9 Å². The largest absolute Gasteiger partial charge is 0.487 e. The van der Waals surface area contributed by atoms with Crippen molar-refractivity contribution in [2.75, 3.05) is 6.54 Å². The van der Waals surface area contributed by atoms with Gasteiger partial charge in [-0.15, -0.1) is 0 Å². The average Bonchev–Trinajstić information content (AvgIpc) is 2.52. The maximum absolute atomic E-state index is 11.3. The van der Waals surface area contributed by atoms with Gasteiger partial charge < -0.3 is 15.6 Å². The Kier molecular flexibility index (Phi) is 3.38. The first-order valence-corrected chi connectivity index (χ1v) is 6.57. The molecule has 0 aromatic heterocycles. The van der Waals surface area contributed by atoms with Gasteiger partial charge in [0.15, 0.2) is 0 Å². The highest BCUT2D eigenvalue weighted by atomic mass is 79.9. The van der Waals surface area contributed by atoms with Gasteiger partial charge in [0.25, 0.3) is 0 Å². The normalized spacial score (nSPS) is 18.0. The standard InChI is InChI=1S/C13H16BrNO3/c1-13(2)5-7-3-8(14)4-9(11(7)18-13)10(6-15)12(16)17/h3-4,10H,5-6,15H2,1-2H3,(H,16,17). The molecule has 2 rings (SSSR count). The van der Waals surface area contributed by atoms with E-state index in [1.54, 1.807) is 6.07 Å². The Bertz CT molecular complexity index is 499. The van der Waals surface area contributed by atoms with E-state index in [1.807, 2.05) is 19.9 Å². The molecule has 1 aliphatic heterocycles. The van der Waals surface area contributed by atoms with Crippen LogP contribution in [0.4, 0.5) is 0 Å². The first kappa shape index (κ1) is 13.4. The maximum atomic E-state index is 11.3. The number of hydrogen-bond donors (Lipinski definition) is 2. The van der Waals surface area contributed by atoms with Gasteiger partial charge in [-0.2, -0.15) is 0 Å². The number of nitrogens with two attached hydrogens (primary N) is 1. The summed E-state index contributed by atoms with van der Waals surface area (Å²) in [6.45, 7) is 4.04. The summed E-state index contributed by atoms with van der Waals surface area (Å²) in [5.41, 5.74) is 6.95. The number of carbonyl (C=O) groups is 1. The minimum absolute atomic E-state index is 0.0576. The summed E-state index contributed by atoms with van der Waals surface area (Å²) in [4.78, 5) is 11.3. The van der Waals surface area contributed by atoms with Crippen molar-refractivity contribution >= 4 is 21.9 Å². The summed E-state index contributed by atoms with van der Waals surface area (Å²) >= 11 is 3.41. The van der Waals surface area contributed by atoms with Gasteiger partial charge in [0.2, 0.25) is 0 Å². The summed E-state index contributed by atoms with van der Waals surface area (Å²) < 4.78 is 6.73. The summed E-state index contributed by atoms with van der Waals surface area (Å²) in [5, 5.41) is 9.23. The van der Waals surface area contributed by atoms with E-state index in [4.69, 9.17) is 10.5 Å². The molecule has 1 aromatic carbocycles. The second kappa shape index (κ2) is 4.55. The van der Waals surface area contributed by atoms with Crippen LogP contribution < -0.4 is 10.5 Å². The molecule has 0 aliphatic carbocycles. The third-order valence-electron chi connectivity index (χ3n) is 3.06. The molecule has 0 amide bonds. The van der Waals surface area contributed by atoms with E-state index in [0.29, 0.717) is 11.3 Å². The molecular weight excluding hydrogens is 298 g/mol. The number of fused-ring (bicyclic) bond motifs is 1. The fourth-order valence-electron chi connectivity index (χ4n) is 2.32. The van der Waals surface area contributed by atoms with Gasteiger partial charge in [0.1, 0.15) is 11.4 Å². The minimum Gasteiger partial charge on any atom is -0.487 e. The first-order valence-electron chi connectivity index (χ1n) is 5.78. The van der Waals surface area contributed by atoms with Crippen LogP contribution in [0.3, 0.4) is 0 Å². The van der Waals surface area contributed by atoms with Gasteiger partial charge in [0, 0.05) is 23.0 Å². The molecule has 1 aromatic rings.